The fourth-order valence-electron chi connectivity index (χ4n) is 5.45. The number of ketones is 1. The van der Waals surface area contributed by atoms with E-state index in [9.17, 15) is 19.0 Å². The van der Waals surface area contributed by atoms with Crippen LogP contribution in [0.2, 0.25) is 0 Å². The van der Waals surface area contributed by atoms with Gasteiger partial charge in [0.25, 0.3) is 0 Å². The van der Waals surface area contributed by atoms with Crippen LogP contribution in [0.25, 0.3) is 0 Å². The van der Waals surface area contributed by atoms with Crippen LogP contribution in [0.5, 0.6) is 0 Å². The van der Waals surface area contributed by atoms with Crippen molar-refractivity contribution >= 4 is 19.6 Å². The normalized spacial score (nSPS) is 14.1. The van der Waals surface area contributed by atoms with Gasteiger partial charge in [0.2, 0.25) is 0 Å². The first-order valence-corrected chi connectivity index (χ1v) is 22.9. The summed E-state index contributed by atoms with van der Waals surface area (Å²) in [7, 11) is 1.61. The number of nitrogens with zero attached hydrogens (tertiary/aromatic N) is 1. The molecule has 0 aliphatic rings. The molecule has 0 aromatic carbocycles. The molecular weight excluding hydrogens is 701 g/mol. The summed E-state index contributed by atoms with van der Waals surface area (Å²) in [6, 6.07) is 0. The number of ether oxygens (including phenoxy) is 2. The van der Waals surface area contributed by atoms with Crippen molar-refractivity contribution in [3.05, 3.63) is 48.8 Å². The van der Waals surface area contributed by atoms with E-state index in [4.69, 9.17) is 18.5 Å². The number of carbonyl (C=O) groups excluding carboxylic acids is 2. The number of likely N-dealkylation sites (N-methyl/N-ethyl adjacent to an activating group) is 1. The monoisotopic (exact) mass is 783 g/mol. The Morgan fingerprint density at radius 1 is 0.630 bits per heavy atom. The highest BCUT2D eigenvalue weighted by molar-refractivity contribution is 7.47. The highest BCUT2D eigenvalue weighted by Gasteiger charge is 2.25. The number of unbranched alkanes of at least 4 members (excludes halogenated alkanes) is 18. The van der Waals surface area contributed by atoms with Gasteiger partial charge in [-0.05, 0) is 76.4 Å². The van der Waals surface area contributed by atoms with Gasteiger partial charge in [0.1, 0.15) is 19.8 Å². The second-order valence-electron chi connectivity index (χ2n) is 15.5. The SMILES string of the molecule is CCCCCC/C=C\CCCCCCCC/C=C/O[C@H](COC(=O)CCCCCCC/C=C\C=C\C(=O)CCCCC)COP(=O)(O)OCC[N+](C)(C)C. The van der Waals surface area contributed by atoms with Crippen LogP contribution in [0.3, 0.4) is 0 Å². The molecule has 0 amide bonds. The molecule has 0 aromatic rings. The number of quaternary nitrogens is 1. The first-order valence-electron chi connectivity index (χ1n) is 21.4. The number of phosphoric ester groups is 1. The Labute approximate surface area is 331 Å². The predicted molar refractivity (Wildman–Crippen MR) is 224 cm³/mol. The number of hydrogen-bond acceptors (Lipinski definition) is 7. The van der Waals surface area contributed by atoms with Crippen molar-refractivity contribution in [1.82, 2.24) is 0 Å². The summed E-state index contributed by atoms with van der Waals surface area (Å²) in [6.07, 6.45) is 40.8. The molecule has 0 spiro atoms. The summed E-state index contributed by atoms with van der Waals surface area (Å²) in [5.74, 6) is -0.132. The first kappa shape index (κ1) is 52.0. The van der Waals surface area contributed by atoms with E-state index in [-0.39, 0.29) is 31.6 Å². The number of allylic oxidation sites excluding steroid dienone is 7. The van der Waals surface area contributed by atoms with Gasteiger partial charge in [0.15, 0.2) is 11.9 Å². The number of esters is 1. The molecule has 0 aliphatic carbocycles. The maximum atomic E-state index is 12.5. The van der Waals surface area contributed by atoms with E-state index in [1.165, 1.54) is 64.2 Å². The molecule has 0 heterocycles. The molecule has 54 heavy (non-hydrogen) atoms. The quantitative estimate of drug-likeness (QED) is 0.00959. The second-order valence-corrected chi connectivity index (χ2v) is 16.9. The van der Waals surface area contributed by atoms with Crippen molar-refractivity contribution < 1.29 is 42.1 Å². The third-order valence-electron chi connectivity index (χ3n) is 8.93. The fourth-order valence-corrected chi connectivity index (χ4v) is 6.19. The molecule has 0 rings (SSSR count). The van der Waals surface area contributed by atoms with Gasteiger partial charge >= 0.3 is 13.8 Å². The highest BCUT2D eigenvalue weighted by atomic mass is 31.2. The molecule has 314 valence electrons. The number of hydrogen-bond donors (Lipinski definition) is 1. The number of carbonyl (C=O) groups is 2. The lowest BCUT2D eigenvalue weighted by molar-refractivity contribution is -0.870. The summed E-state index contributed by atoms with van der Waals surface area (Å²) < 4.78 is 34.7. The summed E-state index contributed by atoms with van der Waals surface area (Å²) in [4.78, 5) is 34.4. The average Bonchev–Trinajstić information content (AvgIpc) is 3.12. The van der Waals surface area contributed by atoms with E-state index < -0.39 is 13.9 Å². The molecule has 1 unspecified atom stereocenters. The molecule has 0 radical (unpaired) electrons. The number of phosphoric acid groups is 1. The topological polar surface area (TPSA) is 108 Å². The lowest BCUT2D eigenvalue weighted by Crippen LogP contribution is -2.37. The molecule has 0 saturated carbocycles. The molecule has 0 bridgehead atoms. The Hall–Kier alpha value is -2.03. The zero-order valence-corrected chi connectivity index (χ0v) is 36.1. The van der Waals surface area contributed by atoms with Crippen molar-refractivity contribution in [3.63, 3.8) is 0 Å². The molecule has 0 aromatic heterocycles. The molecule has 1 N–H and O–H groups in total. The highest BCUT2D eigenvalue weighted by Crippen LogP contribution is 2.43. The van der Waals surface area contributed by atoms with Gasteiger partial charge in [0.05, 0.1) is 34.0 Å². The van der Waals surface area contributed by atoms with E-state index in [0.29, 0.717) is 23.9 Å². The van der Waals surface area contributed by atoms with Gasteiger partial charge in [-0.3, -0.25) is 18.6 Å². The molecule has 0 aliphatic heterocycles. The predicted octanol–water partition coefficient (Wildman–Crippen LogP) is 11.9. The minimum absolute atomic E-state index is 0.0728. The smallest absolute Gasteiger partial charge is 0.472 e. The van der Waals surface area contributed by atoms with Crippen molar-refractivity contribution in [3.8, 4) is 0 Å². The van der Waals surface area contributed by atoms with E-state index in [2.05, 4.69) is 32.1 Å². The number of rotatable bonds is 39. The van der Waals surface area contributed by atoms with Crippen LogP contribution in [0.4, 0.5) is 0 Å². The Morgan fingerprint density at radius 3 is 1.76 bits per heavy atom. The van der Waals surface area contributed by atoms with E-state index in [1.807, 2.05) is 39.4 Å². The maximum absolute atomic E-state index is 12.5. The molecule has 0 fully saturated rings. The molecule has 0 saturated heterocycles. The largest absolute Gasteiger partial charge is 0.492 e. The Balaban J connectivity index is 4.38. The van der Waals surface area contributed by atoms with Crippen LogP contribution in [-0.2, 0) is 32.7 Å². The van der Waals surface area contributed by atoms with Gasteiger partial charge in [-0.2, -0.15) is 0 Å². The van der Waals surface area contributed by atoms with Crippen molar-refractivity contribution in [1.29, 1.82) is 0 Å². The molecular formula is C44H81NO8P+. The summed E-state index contributed by atoms with van der Waals surface area (Å²) in [5.41, 5.74) is 0. The van der Waals surface area contributed by atoms with Crippen LogP contribution >= 0.6 is 7.82 Å². The standard InChI is InChI=1S/C44H80NO8P/c1-6-8-10-11-12-13-14-15-16-17-18-19-23-26-29-33-38-50-43(41-53-54(48,49)52-39-37-45(3,4)5)40-51-44(47)36-32-28-25-22-20-21-24-27-31-35-42(46)34-30-9-7-2/h13-14,24,27,31,33,35,38,43H,6-12,15-23,25-26,28-30,32,34,36-37,39-41H2,1-5H3/p+1/b14-13-,27-24-,35-31+,38-33+/t43-/m1/s1. The third-order valence-corrected chi connectivity index (χ3v) is 9.91. The Morgan fingerprint density at radius 2 is 1.15 bits per heavy atom. The third kappa shape index (κ3) is 39.7. The maximum Gasteiger partial charge on any atom is 0.472 e. The van der Waals surface area contributed by atoms with Gasteiger partial charge in [0, 0.05) is 12.8 Å². The van der Waals surface area contributed by atoms with Crippen molar-refractivity contribution in [2.45, 2.75) is 174 Å². The van der Waals surface area contributed by atoms with E-state index in [1.54, 1.807) is 12.3 Å². The fraction of sp³-hybridized carbons (Fsp3) is 0.773. The first-order chi connectivity index (χ1) is 26.0. The van der Waals surface area contributed by atoms with Crippen molar-refractivity contribution in [2.75, 3.05) is 47.5 Å². The van der Waals surface area contributed by atoms with Gasteiger partial charge in [-0.25, -0.2) is 4.57 Å². The zero-order valence-electron chi connectivity index (χ0n) is 35.2. The lowest BCUT2D eigenvalue weighted by Gasteiger charge is -2.24. The lowest BCUT2D eigenvalue weighted by atomic mass is 10.1. The van der Waals surface area contributed by atoms with Crippen LogP contribution in [0.1, 0.15) is 168 Å². The van der Waals surface area contributed by atoms with Gasteiger partial charge < -0.3 is 18.9 Å². The Kier molecular flexibility index (Phi) is 35.2. The van der Waals surface area contributed by atoms with Crippen LogP contribution in [0, 0.1) is 0 Å². The summed E-state index contributed by atoms with van der Waals surface area (Å²) >= 11 is 0. The zero-order chi connectivity index (χ0) is 40.0. The van der Waals surface area contributed by atoms with Gasteiger partial charge in [-0.1, -0.05) is 121 Å². The Bertz CT molecular complexity index is 1070. The van der Waals surface area contributed by atoms with E-state index >= 15 is 0 Å². The van der Waals surface area contributed by atoms with E-state index in [0.717, 1.165) is 77.0 Å². The summed E-state index contributed by atoms with van der Waals surface area (Å²) in [5, 5.41) is 0. The van der Waals surface area contributed by atoms with Gasteiger partial charge in [-0.15, -0.1) is 0 Å². The second kappa shape index (κ2) is 36.6. The average molecular weight is 783 g/mol. The van der Waals surface area contributed by atoms with Crippen LogP contribution < -0.4 is 0 Å². The minimum atomic E-state index is -4.29. The van der Waals surface area contributed by atoms with Crippen molar-refractivity contribution in [2.24, 2.45) is 0 Å². The minimum Gasteiger partial charge on any atom is -0.492 e. The molecule has 9 nitrogen and oxygen atoms in total. The van der Waals surface area contributed by atoms with Crippen LogP contribution in [-0.4, -0.2) is 74.7 Å². The van der Waals surface area contributed by atoms with Crippen LogP contribution in [0.15, 0.2) is 48.8 Å². The molecule has 10 heteroatoms. The summed E-state index contributed by atoms with van der Waals surface area (Å²) in [6.45, 7) is 4.67. The molecule has 2 atom stereocenters.